The Bertz CT molecular complexity index is 283. The number of hydrogen-bond acceptors (Lipinski definition) is 3. The normalized spacial score (nSPS) is 13.7. The number of hydrogen-bond donors (Lipinski definition) is 2. The molecule has 0 saturated carbocycles. The van der Waals surface area contributed by atoms with Gasteiger partial charge in [-0.25, -0.2) is 0 Å². The van der Waals surface area contributed by atoms with Gasteiger partial charge in [-0.1, -0.05) is 58.3 Å². The molecule has 0 radical (unpaired) electrons. The Balaban J connectivity index is 3.34. The lowest BCUT2D eigenvalue weighted by Gasteiger charge is -2.38. The van der Waals surface area contributed by atoms with Gasteiger partial charge in [0.1, 0.15) is 6.54 Å². The van der Waals surface area contributed by atoms with Crippen LogP contribution in [0.2, 0.25) is 0 Å². The summed E-state index contributed by atoms with van der Waals surface area (Å²) in [5, 5.41) is 23.4. The van der Waals surface area contributed by atoms with Crippen LogP contribution in [-0.2, 0) is 4.79 Å². The minimum atomic E-state index is -0.440. The van der Waals surface area contributed by atoms with E-state index in [0.29, 0.717) is 25.9 Å². The molecule has 5 heteroatoms. The Kier molecular flexibility index (Phi) is 14.5. The lowest BCUT2D eigenvalue weighted by molar-refractivity contribution is -0.861. The SMILES string of the molecule is CCCCCCCCCCCC(=O)NCCC[N+](C)([O-])CCO. The fourth-order valence-electron chi connectivity index (χ4n) is 2.65. The van der Waals surface area contributed by atoms with Gasteiger partial charge >= 0.3 is 0 Å². The molecule has 5 nitrogen and oxygen atoms in total. The Morgan fingerprint density at radius 3 is 2.09 bits per heavy atom. The van der Waals surface area contributed by atoms with Crippen molar-refractivity contribution in [3.05, 3.63) is 5.21 Å². The van der Waals surface area contributed by atoms with E-state index in [-0.39, 0.29) is 19.1 Å². The average molecular weight is 331 g/mol. The highest BCUT2D eigenvalue weighted by molar-refractivity contribution is 5.75. The minimum absolute atomic E-state index is 0.0923. The van der Waals surface area contributed by atoms with Crippen LogP contribution in [0.15, 0.2) is 0 Å². The van der Waals surface area contributed by atoms with E-state index in [2.05, 4.69) is 12.2 Å². The number of likely N-dealkylation sites (N-methyl/N-ethyl adjacent to an activating group) is 1. The van der Waals surface area contributed by atoms with Gasteiger partial charge in [0.05, 0.1) is 20.2 Å². The minimum Gasteiger partial charge on any atom is -0.633 e. The second-order valence-electron chi connectivity index (χ2n) is 6.75. The molecule has 0 aromatic heterocycles. The van der Waals surface area contributed by atoms with Crippen LogP contribution in [-0.4, -0.2) is 48.9 Å². The molecule has 0 aliphatic rings. The predicted octanol–water partition coefficient (Wildman–Crippen LogP) is 3.35. The molecule has 1 unspecified atom stereocenters. The van der Waals surface area contributed by atoms with Gasteiger partial charge in [-0.05, 0) is 6.42 Å². The average Bonchev–Trinajstić information content (AvgIpc) is 2.50. The smallest absolute Gasteiger partial charge is 0.219 e. The number of quaternary nitrogens is 1. The monoisotopic (exact) mass is 330 g/mol. The zero-order valence-electron chi connectivity index (χ0n) is 15.3. The summed E-state index contributed by atoms with van der Waals surface area (Å²) >= 11 is 0. The van der Waals surface area contributed by atoms with E-state index in [1.165, 1.54) is 44.9 Å². The summed E-state index contributed by atoms with van der Waals surface area (Å²) < 4.78 is -0.440. The Labute approximate surface area is 142 Å². The molecular weight excluding hydrogens is 292 g/mol. The molecule has 0 bridgehead atoms. The van der Waals surface area contributed by atoms with E-state index < -0.39 is 4.65 Å². The third-order valence-corrected chi connectivity index (χ3v) is 4.21. The number of amides is 1. The number of aliphatic hydroxyl groups excluding tert-OH is 1. The number of carbonyl (C=O) groups is 1. The molecule has 138 valence electrons. The van der Waals surface area contributed by atoms with Crippen LogP contribution in [0.1, 0.15) is 77.6 Å². The number of carbonyl (C=O) groups excluding carboxylic acids is 1. The second kappa shape index (κ2) is 14.9. The molecule has 0 saturated heterocycles. The maximum Gasteiger partial charge on any atom is 0.219 e. The molecule has 0 aliphatic heterocycles. The summed E-state index contributed by atoms with van der Waals surface area (Å²) in [6.45, 7) is 3.34. The molecule has 0 aromatic rings. The maximum atomic E-state index is 11.8. The van der Waals surface area contributed by atoms with Crippen LogP contribution in [0, 0.1) is 5.21 Å². The maximum absolute atomic E-state index is 11.8. The number of rotatable bonds is 16. The second-order valence-corrected chi connectivity index (χ2v) is 6.75. The highest BCUT2D eigenvalue weighted by Crippen LogP contribution is 2.10. The van der Waals surface area contributed by atoms with E-state index >= 15 is 0 Å². The fraction of sp³-hybridized carbons (Fsp3) is 0.944. The molecule has 0 fully saturated rings. The van der Waals surface area contributed by atoms with Gasteiger partial charge in [-0.2, -0.15) is 0 Å². The Hall–Kier alpha value is -0.650. The zero-order chi connectivity index (χ0) is 17.4. The lowest BCUT2D eigenvalue weighted by Crippen LogP contribution is -2.42. The summed E-state index contributed by atoms with van der Waals surface area (Å²) in [5.74, 6) is 0.0928. The first kappa shape index (κ1) is 22.4. The Morgan fingerprint density at radius 1 is 0.957 bits per heavy atom. The standard InChI is InChI=1S/C18H38N2O3/c1-3-4-5-6-7-8-9-10-11-13-18(22)19-14-12-15-20(2,23)16-17-21/h21H,3-17H2,1-2H3,(H,19,22). The van der Waals surface area contributed by atoms with E-state index in [1.54, 1.807) is 7.05 Å². The van der Waals surface area contributed by atoms with Crippen LogP contribution in [0.5, 0.6) is 0 Å². The van der Waals surface area contributed by atoms with Crippen LogP contribution in [0.3, 0.4) is 0 Å². The van der Waals surface area contributed by atoms with Crippen molar-refractivity contribution < 1.29 is 14.5 Å². The van der Waals surface area contributed by atoms with Gasteiger partial charge in [0.15, 0.2) is 0 Å². The lowest BCUT2D eigenvalue weighted by atomic mass is 10.1. The molecule has 23 heavy (non-hydrogen) atoms. The van der Waals surface area contributed by atoms with Gasteiger partial charge < -0.3 is 20.3 Å². The Morgan fingerprint density at radius 2 is 1.52 bits per heavy atom. The van der Waals surface area contributed by atoms with Crippen molar-refractivity contribution in [3.8, 4) is 0 Å². The quantitative estimate of drug-likeness (QED) is 0.259. The van der Waals surface area contributed by atoms with Crippen molar-refractivity contribution in [2.45, 2.75) is 77.6 Å². The van der Waals surface area contributed by atoms with Crippen LogP contribution in [0.4, 0.5) is 0 Å². The van der Waals surface area contributed by atoms with E-state index in [9.17, 15) is 10.0 Å². The van der Waals surface area contributed by atoms with Crippen LogP contribution >= 0.6 is 0 Å². The largest absolute Gasteiger partial charge is 0.633 e. The highest BCUT2D eigenvalue weighted by atomic mass is 16.5. The third kappa shape index (κ3) is 16.0. The molecule has 0 rings (SSSR count). The molecule has 0 aromatic carbocycles. The number of nitrogens with one attached hydrogen (secondary N) is 1. The molecule has 0 spiro atoms. The van der Waals surface area contributed by atoms with Crippen molar-refractivity contribution >= 4 is 5.91 Å². The number of unbranched alkanes of at least 4 members (excludes halogenated alkanes) is 8. The summed E-state index contributed by atoms with van der Waals surface area (Å²) in [5.41, 5.74) is 0. The third-order valence-electron chi connectivity index (χ3n) is 4.21. The first-order chi connectivity index (χ1) is 11.0. The van der Waals surface area contributed by atoms with Crippen molar-refractivity contribution in [1.29, 1.82) is 0 Å². The fourth-order valence-corrected chi connectivity index (χ4v) is 2.65. The molecule has 1 atom stereocenters. The molecule has 0 aliphatic carbocycles. The number of aliphatic hydroxyl groups is 1. The van der Waals surface area contributed by atoms with E-state index in [4.69, 9.17) is 5.11 Å². The summed E-state index contributed by atoms with van der Waals surface area (Å²) in [6.07, 6.45) is 12.5. The molecule has 1 amide bonds. The topological polar surface area (TPSA) is 72.4 Å². The van der Waals surface area contributed by atoms with Crippen LogP contribution in [0.25, 0.3) is 0 Å². The molecule has 0 heterocycles. The summed E-state index contributed by atoms with van der Waals surface area (Å²) in [6, 6.07) is 0. The van der Waals surface area contributed by atoms with Crippen molar-refractivity contribution in [3.63, 3.8) is 0 Å². The van der Waals surface area contributed by atoms with Crippen molar-refractivity contribution in [1.82, 2.24) is 5.32 Å². The van der Waals surface area contributed by atoms with Gasteiger partial charge in [0.25, 0.3) is 0 Å². The first-order valence-corrected chi connectivity index (χ1v) is 9.45. The molecular formula is C18H38N2O3. The van der Waals surface area contributed by atoms with E-state index in [1.807, 2.05) is 0 Å². The summed E-state index contributed by atoms with van der Waals surface area (Å²) in [4.78, 5) is 11.7. The molecule has 2 N–H and O–H groups in total. The zero-order valence-corrected chi connectivity index (χ0v) is 15.3. The predicted molar refractivity (Wildman–Crippen MR) is 95.8 cm³/mol. The van der Waals surface area contributed by atoms with Gasteiger partial charge in [-0.3, -0.25) is 4.79 Å². The van der Waals surface area contributed by atoms with Crippen molar-refractivity contribution in [2.24, 2.45) is 0 Å². The van der Waals surface area contributed by atoms with Gasteiger partial charge in [0, 0.05) is 19.4 Å². The first-order valence-electron chi connectivity index (χ1n) is 9.45. The van der Waals surface area contributed by atoms with Gasteiger partial charge in [0.2, 0.25) is 5.91 Å². The summed E-state index contributed by atoms with van der Waals surface area (Å²) in [7, 11) is 1.56. The number of hydroxylamine groups is 3. The highest BCUT2D eigenvalue weighted by Gasteiger charge is 2.08. The van der Waals surface area contributed by atoms with Gasteiger partial charge in [-0.15, -0.1) is 0 Å². The number of nitrogens with zero attached hydrogens (tertiary/aromatic N) is 1. The van der Waals surface area contributed by atoms with E-state index in [0.717, 1.165) is 12.8 Å². The van der Waals surface area contributed by atoms with Crippen LogP contribution < -0.4 is 5.32 Å². The van der Waals surface area contributed by atoms with Crippen molar-refractivity contribution in [2.75, 3.05) is 33.3 Å².